The van der Waals surface area contributed by atoms with E-state index in [0.29, 0.717) is 10.6 Å². The highest BCUT2D eigenvalue weighted by molar-refractivity contribution is 6.31. The fourth-order valence-corrected chi connectivity index (χ4v) is 2.70. The highest BCUT2D eigenvalue weighted by Gasteiger charge is 2.49. The van der Waals surface area contributed by atoms with E-state index in [2.05, 4.69) is 5.32 Å². The van der Waals surface area contributed by atoms with E-state index < -0.39 is 0 Å². The van der Waals surface area contributed by atoms with E-state index in [-0.39, 0.29) is 23.9 Å². The highest BCUT2D eigenvalue weighted by Crippen LogP contribution is 2.55. The van der Waals surface area contributed by atoms with E-state index in [9.17, 15) is 9.50 Å². The van der Waals surface area contributed by atoms with Crippen LogP contribution in [-0.4, -0.2) is 18.8 Å². The molecule has 0 radical (unpaired) electrons. The maximum absolute atomic E-state index is 13.6. The highest BCUT2D eigenvalue weighted by atomic mass is 35.5. The Balaban J connectivity index is 2.41. The van der Waals surface area contributed by atoms with Crippen LogP contribution in [0.2, 0.25) is 5.02 Å². The fraction of sp³-hybridized carbons (Fsp3) is 0.538. The monoisotopic (exact) mass is 257 g/mol. The topological polar surface area (TPSA) is 32.3 Å². The van der Waals surface area contributed by atoms with E-state index >= 15 is 0 Å². The summed E-state index contributed by atoms with van der Waals surface area (Å²) >= 11 is 6.18. The Morgan fingerprint density at radius 2 is 2.18 bits per heavy atom. The van der Waals surface area contributed by atoms with Crippen LogP contribution in [0.1, 0.15) is 30.0 Å². The van der Waals surface area contributed by atoms with Crippen molar-refractivity contribution in [2.75, 3.05) is 13.7 Å². The molecule has 1 aromatic carbocycles. The first kappa shape index (κ1) is 12.8. The van der Waals surface area contributed by atoms with Gasteiger partial charge in [0.1, 0.15) is 5.82 Å². The lowest BCUT2D eigenvalue weighted by molar-refractivity contribution is 0.175. The van der Waals surface area contributed by atoms with E-state index in [1.165, 1.54) is 6.07 Å². The molecule has 1 aliphatic rings. The van der Waals surface area contributed by atoms with Crippen LogP contribution < -0.4 is 5.32 Å². The number of nitrogens with one attached hydrogen (secondary N) is 1. The molecule has 0 aromatic heterocycles. The van der Waals surface area contributed by atoms with Crippen LogP contribution in [-0.2, 0) is 0 Å². The quantitative estimate of drug-likeness (QED) is 0.869. The zero-order chi connectivity index (χ0) is 12.6. The molecular weight excluding hydrogens is 241 g/mol. The Morgan fingerprint density at radius 3 is 2.65 bits per heavy atom. The second-order valence-corrected chi connectivity index (χ2v) is 5.27. The molecule has 0 bridgehead atoms. The van der Waals surface area contributed by atoms with Gasteiger partial charge >= 0.3 is 0 Å². The van der Waals surface area contributed by atoms with Crippen molar-refractivity contribution in [1.29, 1.82) is 0 Å². The van der Waals surface area contributed by atoms with Gasteiger partial charge in [-0.1, -0.05) is 11.6 Å². The van der Waals surface area contributed by atoms with Gasteiger partial charge in [0, 0.05) is 16.5 Å². The van der Waals surface area contributed by atoms with Gasteiger partial charge in [-0.25, -0.2) is 4.39 Å². The lowest BCUT2D eigenvalue weighted by atomic mass is 9.90. The van der Waals surface area contributed by atoms with Gasteiger partial charge in [0.15, 0.2) is 0 Å². The number of halogens is 2. The minimum absolute atomic E-state index is 0.0879. The van der Waals surface area contributed by atoms with Crippen LogP contribution in [0.4, 0.5) is 4.39 Å². The maximum atomic E-state index is 13.6. The summed E-state index contributed by atoms with van der Waals surface area (Å²) in [6, 6.07) is 3.04. The Bertz CT molecular complexity index is 432. The SMILES string of the molecule is CNC(c1cc(F)c(C)cc1Cl)C1(CO)CC1. The molecule has 1 saturated carbocycles. The first-order valence-corrected chi connectivity index (χ1v) is 6.15. The van der Waals surface area contributed by atoms with E-state index in [0.717, 1.165) is 18.4 Å². The summed E-state index contributed by atoms with van der Waals surface area (Å²) < 4.78 is 13.6. The normalized spacial score (nSPS) is 19.1. The molecule has 0 amide bonds. The molecule has 1 atom stereocenters. The van der Waals surface area contributed by atoms with E-state index in [1.54, 1.807) is 13.0 Å². The van der Waals surface area contributed by atoms with Crippen LogP contribution in [0.15, 0.2) is 12.1 Å². The molecule has 1 unspecified atom stereocenters. The summed E-state index contributed by atoms with van der Waals surface area (Å²) in [4.78, 5) is 0. The van der Waals surface area contributed by atoms with Gasteiger partial charge in [-0.05, 0) is 50.1 Å². The van der Waals surface area contributed by atoms with Gasteiger partial charge in [0.2, 0.25) is 0 Å². The molecule has 0 saturated heterocycles. The van der Waals surface area contributed by atoms with Gasteiger partial charge in [-0.2, -0.15) is 0 Å². The number of aliphatic hydroxyl groups excluding tert-OH is 1. The molecule has 1 aliphatic carbocycles. The molecule has 94 valence electrons. The van der Waals surface area contributed by atoms with Crippen LogP contribution in [0.5, 0.6) is 0 Å². The van der Waals surface area contributed by atoms with Crippen molar-refractivity contribution in [1.82, 2.24) is 5.32 Å². The molecule has 2 nitrogen and oxygen atoms in total. The zero-order valence-corrected chi connectivity index (χ0v) is 10.8. The van der Waals surface area contributed by atoms with E-state index in [1.807, 2.05) is 7.05 Å². The molecule has 2 N–H and O–H groups in total. The number of benzene rings is 1. The number of hydrogen-bond acceptors (Lipinski definition) is 2. The molecule has 2 rings (SSSR count). The van der Waals surface area contributed by atoms with Gasteiger partial charge in [-0.3, -0.25) is 0 Å². The predicted octanol–water partition coefficient (Wildman–Crippen LogP) is 2.82. The van der Waals surface area contributed by atoms with E-state index in [4.69, 9.17) is 11.6 Å². The summed E-state index contributed by atoms with van der Waals surface area (Å²) in [6.45, 7) is 1.79. The lowest BCUT2D eigenvalue weighted by Crippen LogP contribution is -2.29. The summed E-state index contributed by atoms with van der Waals surface area (Å²) in [5, 5.41) is 13.2. The maximum Gasteiger partial charge on any atom is 0.126 e. The third-order valence-electron chi connectivity index (χ3n) is 3.70. The van der Waals surface area contributed by atoms with Crippen molar-refractivity contribution in [2.24, 2.45) is 5.41 Å². The number of aliphatic hydroxyl groups is 1. The average Bonchev–Trinajstić information content (AvgIpc) is 3.07. The molecular formula is C13H17ClFNO. The third-order valence-corrected chi connectivity index (χ3v) is 4.02. The van der Waals surface area contributed by atoms with Crippen LogP contribution in [0, 0.1) is 18.2 Å². The van der Waals surface area contributed by atoms with Crippen LogP contribution in [0.25, 0.3) is 0 Å². The predicted molar refractivity (Wildman–Crippen MR) is 66.7 cm³/mol. The Labute approximate surface area is 106 Å². The van der Waals surface area contributed by atoms with Gasteiger partial charge in [0.25, 0.3) is 0 Å². The number of rotatable bonds is 4. The molecule has 4 heteroatoms. The first-order valence-electron chi connectivity index (χ1n) is 5.78. The summed E-state index contributed by atoms with van der Waals surface area (Å²) in [5.74, 6) is -0.251. The summed E-state index contributed by atoms with van der Waals surface area (Å²) in [7, 11) is 1.81. The van der Waals surface area contributed by atoms with Crippen molar-refractivity contribution in [3.05, 3.63) is 34.1 Å². The molecule has 0 heterocycles. The minimum Gasteiger partial charge on any atom is -0.396 e. The molecule has 1 fully saturated rings. The molecule has 1 aromatic rings. The van der Waals surface area contributed by atoms with Gasteiger partial charge in [0.05, 0.1) is 6.61 Å². The summed E-state index contributed by atoms with van der Waals surface area (Å²) in [5.41, 5.74) is 1.12. The van der Waals surface area contributed by atoms with Crippen LogP contribution in [0.3, 0.4) is 0 Å². The summed E-state index contributed by atoms with van der Waals surface area (Å²) in [6.07, 6.45) is 1.89. The van der Waals surface area contributed by atoms with Crippen molar-refractivity contribution >= 4 is 11.6 Å². The fourth-order valence-electron chi connectivity index (χ4n) is 2.37. The largest absolute Gasteiger partial charge is 0.396 e. The lowest BCUT2D eigenvalue weighted by Gasteiger charge is -2.26. The zero-order valence-electron chi connectivity index (χ0n) is 10.1. The van der Waals surface area contributed by atoms with Crippen molar-refractivity contribution in [2.45, 2.75) is 25.8 Å². The Kier molecular flexibility index (Phi) is 3.43. The van der Waals surface area contributed by atoms with Gasteiger partial charge < -0.3 is 10.4 Å². The molecule has 17 heavy (non-hydrogen) atoms. The van der Waals surface area contributed by atoms with Crippen molar-refractivity contribution in [3.8, 4) is 0 Å². The third kappa shape index (κ3) is 2.19. The number of aryl methyl sites for hydroxylation is 1. The second kappa shape index (κ2) is 4.56. The minimum atomic E-state index is -0.251. The standard InChI is InChI=1S/C13H17ClFNO/c1-8-5-10(14)9(6-11(8)15)12(16-2)13(7-17)3-4-13/h5-6,12,16-17H,3-4,7H2,1-2H3. The van der Waals surface area contributed by atoms with Crippen molar-refractivity contribution < 1.29 is 9.50 Å². The Morgan fingerprint density at radius 1 is 1.53 bits per heavy atom. The van der Waals surface area contributed by atoms with Crippen LogP contribution >= 0.6 is 11.6 Å². The smallest absolute Gasteiger partial charge is 0.126 e. The first-order chi connectivity index (χ1) is 8.04. The van der Waals surface area contributed by atoms with Crippen molar-refractivity contribution in [3.63, 3.8) is 0 Å². The Hall–Kier alpha value is -0.640. The molecule has 0 aliphatic heterocycles. The average molecular weight is 258 g/mol. The second-order valence-electron chi connectivity index (χ2n) is 4.87. The van der Waals surface area contributed by atoms with Gasteiger partial charge in [-0.15, -0.1) is 0 Å². The number of hydrogen-bond donors (Lipinski definition) is 2. The molecule has 0 spiro atoms.